The van der Waals surface area contributed by atoms with Crippen molar-refractivity contribution in [3.8, 4) is 0 Å². The minimum absolute atomic E-state index is 0.139. The van der Waals surface area contributed by atoms with Crippen molar-refractivity contribution in [3.63, 3.8) is 0 Å². The van der Waals surface area contributed by atoms with Crippen LogP contribution in [-0.4, -0.2) is 15.9 Å². The number of hydrogen-bond donors (Lipinski definition) is 1. The van der Waals surface area contributed by atoms with Gasteiger partial charge in [-0.3, -0.25) is 4.79 Å². The number of amides is 1. The molecule has 5 nitrogen and oxygen atoms in total. The van der Waals surface area contributed by atoms with Crippen molar-refractivity contribution in [2.24, 2.45) is 0 Å². The first-order chi connectivity index (χ1) is 12.0. The van der Waals surface area contributed by atoms with E-state index in [0.717, 1.165) is 32.8 Å². The second-order valence-electron chi connectivity index (χ2n) is 5.60. The summed E-state index contributed by atoms with van der Waals surface area (Å²) >= 11 is 3.37. The van der Waals surface area contributed by atoms with E-state index in [1.54, 1.807) is 23.1 Å². The molecule has 0 saturated carbocycles. The Kier molecular flexibility index (Phi) is 5.55. The van der Waals surface area contributed by atoms with E-state index in [4.69, 9.17) is 4.42 Å². The number of rotatable bonds is 6. The molecule has 0 bridgehead atoms. The second kappa shape index (κ2) is 7.84. The molecule has 0 radical (unpaired) electrons. The number of aromatic nitrogens is 2. The molecule has 3 aromatic rings. The van der Waals surface area contributed by atoms with E-state index in [9.17, 15) is 4.79 Å². The molecule has 1 aromatic carbocycles. The Bertz CT molecular complexity index is 849. The molecule has 130 valence electrons. The lowest BCUT2D eigenvalue weighted by atomic mass is 10.2. The maximum absolute atomic E-state index is 12.2. The van der Waals surface area contributed by atoms with Crippen molar-refractivity contribution < 1.29 is 9.21 Å². The standard InChI is InChI=1S/C18H19N3O2S2/c1-11-12(2)23-17(20-11)8-19-18(22)14-4-6-16(7-5-14)25-10-15-9-24-13(3)21-15/h4-7,9H,8,10H2,1-3H3,(H,19,22). The highest BCUT2D eigenvalue weighted by molar-refractivity contribution is 7.98. The van der Waals surface area contributed by atoms with Crippen LogP contribution in [0.1, 0.15) is 38.4 Å². The zero-order valence-electron chi connectivity index (χ0n) is 14.3. The summed E-state index contributed by atoms with van der Waals surface area (Å²) in [5.74, 6) is 1.99. The van der Waals surface area contributed by atoms with Crippen molar-refractivity contribution in [2.45, 2.75) is 38.0 Å². The summed E-state index contributed by atoms with van der Waals surface area (Å²) in [6.45, 7) is 6.03. The summed E-state index contributed by atoms with van der Waals surface area (Å²) in [7, 11) is 0. The largest absolute Gasteiger partial charge is 0.444 e. The topological polar surface area (TPSA) is 68.0 Å². The molecule has 0 aliphatic carbocycles. The van der Waals surface area contributed by atoms with Gasteiger partial charge >= 0.3 is 0 Å². The Hall–Kier alpha value is -2.12. The van der Waals surface area contributed by atoms with Crippen molar-refractivity contribution in [2.75, 3.05) is 0 Å². The van der Waals surface area contributed by atoms with E-state index in [0.29, 0.717) is 11.5 Å². The first kappa shape index (κ1) is 17.7. The van der Waals surface area contributed by atoms with Gasteiger partial charge in [-0.1, -0.05) is 0 Å². The molecule has 25 heavy (non-hydrogen) atoms. The van der Waals surface area contributed by atoms with Crippen molar-refractivity contribution >= 4 is 29.0 Å². The second-order valence-corrected chi connectivity index (χ2v) is 7.71. The van der Waals surface area contributed by atoms with Crippen molar-refractivity contribution in [3.05, 3.63) is 63.3 Å². The van der Waals surface area contributed by atoms with E-state index < -0.39 is 0 Å². The molecular formula is C18H19N3O2S2. The Morgan fingerprint density at radius 1 is 1.20 bits per heavy atom. The molecule has 0 fully saturated rings. The molecule has 0 aliphatic rings. The highest BCUT2D eigenvalue weighted by Gasteiger charge is 2.09. The normalized spacial score (nSPS) is 10.8. The van der Waals surface area contributed by atoms with Gasteiger partial charge in [-0.25, -0.2) is 9.97 Å². The van der Waals surface area contributed by atoms with Gasteiger partial charge in [0.2, 0.25) is 5.89 Å². The number of hydrogen-bond acceptors (Lipinski definition) is 6. The molecule has 2 aromatic heterocycles. The van der Waals surface area contributed by atoms with Crippen LogP contribution in [0.4, 0.5) is 0 Å². The first-order valence-electron chi connectivity index (χ1n) is 7.86. The lowest BCUT2D eigenvalue weighted by Crippen LogP contribution is -2.22. The van der Waals surface area contributed by atoms with Gasteiger partial charge in [0, 0.05) is 21.6 Å². The van der Waals surface area contributed by atoms with Crippen LogP contribution in [0.2, 0.25) is 0 Å². The maximum Gasteiger partial charge on any atom is 0.251 e. The summed E-state index contributed by atoms with van der Waals surface area (Å²) in [5.41, 5.74) is 2.56. The van der Waals surface area contributed by atoms with Gasteiger partial charge < -0.3 is 9.73 Å². The molecule has 1 amide bonds. The highest BCUT2D eigenvalue weighted by Crippen LogP contribution is 2.23. The van der Waals surface area contributed by atoms with Gasteiger partial charge in [0.25, 0.3) is 5.91 Å². The molecule has 0 atom stereocenters. The van der Waals surface area contributed by atoms with Crippen LogP contribution in [0.5, 0.6) is 0 Å². The molecule has 2 heterocycles. The summed E-state index contributed by atoms with van der Waals surface area (Å²) in [6.07, 6.45) is 0. The van der Waals surface area contributed by atoms with E-state index in [1.807, 2.05) is 45.0 Å². The number of nitrogens with zero attached hydrogens (tertiary/aromatic N) is 2. The number of nitrogens with one attached hydrogen (secondary N) is 1. The van der Waals surface area contributed by atoms with Crippen molar-refractivity contribution in [1.29, 1.82) is 0 Å². The van der Waals surface area contributed by atoms with Gasteiger partial charge in [-0.15, -0.1) is 23.1 Å². The van der Waals surface area contributed by atoms with Gasteiger partial charge in [-0.05, 0) is 45.0 Å². The molecular weight excluding hydrogens is 354 g/mol. The average molecular weight is 374 g/mol. The van der Waals surface area contributed by atoms with E-state index >= 15 is 0 Å². The van der Waals surface area contributed by atoms with Crippen LogP contribution < -0.4 is 5.32 Å². The number of aryl methyl sites for hydroxylation is 3. The number of oxazole rings is 1. The van der Waals surface area contributed by atoms with Crippen LogP contribution in [0.25, 0.3) is 0 Å². The third-order valence-electron chi connectivity index (χ3n) is 3.64. The smallest absolute Gasteiger partial charge is 0.251 e. The number of thiazole rings is 1. The van der Waals surface area contributed by atoms with Crippen LogP contribution in [-0.2, 0) is 12.3 Å². The van der Waals surface area contributed by atoms with Gasteiger partial charge in [0.15, 0.2) is 0 Å². The molecule has 7 heteroatoms. The quantitative estimate of drug-likeness (QED) is 0.653. The van der Waals surface area contributed by atoms with Gasteiger partial charge in [-0.2, -0.15) is 0 Å². The van der Waals surface area contributed by atoms with E-state index in [-0.39, 0.29) is 12.5 Å². The molecule has 1 N–H and O–H groups in total. The molecule has 0 aliphatic heterocycles. The zero-order valence-corrected chi connectivity index (χ0v) is 16.0. The Labute approximate surface area is 154 Å². The minimum atomic E-state index is -0.139. The molecule has 0 unspecified atom stereocenters. The van der Waals surface area contributed by atoms with Crippen LogP contribution >= 0.6 is 23.1 Å². The summed E-state index contributed by atoms with van der Waals surface area (Å²) in [6, 6.07) is 7.57. The maximum atomic E-state index is 12.2. The fourth-order valence-corrected chi connectivity index (χ4v) is 3.72. The molecule has 3 rings (SSSR count). The third kappa shape index (κ3) is 4.70. The third-order valence-corrected chi connectivity index (χ3v) is 5.51. The SMILES string of the molecule is Cc1nc(CSc2ccc(C(=O)NCc3nc(C)c(C)o3)cc2)cs1. The Morgan fingerprint density at radius 3 is 2.56 bits per heavy atom. The Balaban J connectivity index is 1.53. The highest BCUT2D eigenvalue weighted by atomic mass is 32.2. The number of carbonyl (C=O) groups excluding carboxylic acids is 1. The van der Waals surface area contributed by atoms with Crippen LogP contribution in [0.15, 0.2) is 39.0 Å². The van der Waals surface area contributed by atoms with E-state index in [2.05, 4.69) is 20.7 Å². The Morgan fingerprint density at radius 2 is 1.96 bits per heavy atom. The predicted octanol–water partition coefficient (Wildman–Crippen LogP) is 4.28. The van der Waals surface area contributed by atoms with Gasteiger partial charge in [0.1, 0.15) is 5.76 Å². The van der Waals surface area contributed by atoms with Crippen LogP contribution in [0.3, 0.4) is 0 Å². The average Bonchev–Trinajstić information content (AvgIpc) is 3.16. The molecule has 0 saturated heterocycles. The lowest BCUT2D eigenvalue weighted by Gasteiger charge is -2.04. The van der Waals surface area contributed by atoms with E-state index in [1.165, 1.54) is 0 Å². The summed E-state index contributed by atoms with van der Waals surface area (Å²) in [4.78, 5) is 22.0. The zero-order chi connectivity index (χ0) is 17.8. The fourth-order valence-electron chi connectivity index (χ4n) is 2.21. The number of thioether (sulfide) groups is 1. The summed E-state index contributed by atoms with van der Waals surface area (Å²) < 4.78 is 5.46. The fraction of sp³-hybridized carbons (Fsp3) is 0.278. The van der Waals surface area contributed by atoms with Gasteiger partial charge in [0.05, 0.1) is 22.9 Å². The van der Waals surface area contributed by atoms with Crippen molar-refractivity contribution in [1.82, 2.24) is 15.3 Å². The number of benzene rings is 1. The summed E-state index contributed by atoms with van der Waals surface area (Å²) in [5, 5.41) is 5.99. The lowest BCUT2D eigenvalue weighted by molar-refractivity contribution is 0.0947. The monoisotopic (exact) mass is 373 g/mol. The van der Waals surface area contributed by atoms with Crippen LogP contribution in [0, 0.1) is 20.8 Å². The predicted molar refractivity (Wildman–Crippen MR) is 100 cm³/mol. The number of carbonyl (C=O) groups is 1. The minimum Gasteiger partial charge on any atom is -0.444 e. The molecule has 0 spiro atoms. The first-order valence-corrected chi connectivity index (χ1v) is 9.73.